The number of aromatic nitrogens is 1. The molecule has 0 spiro atoms. The van der Waals surface area contributed by atoms with Crippen LogP contribution in [0.2, 0.25) is 5.02 Å². The third-order valence-electron chi connectivity index (χ3n) is 4.07. The molecule has 128 valence electrons. The minimum atomic E-state index is -0.367. The Morgan fingerprint density at radius 2 is 1.58 bits per heavy atom. The lowest BCUT2D eigenvalue weighted by Crippen LogP contribution is -2.09. The molecule has 0 radical (unpaired) electrons. The normalized spacial score (nSPS) is 10.8. The van der Waals surface area contributed by atoms with Crippen molar-refractivity contribution < 1.29 is 9.84 Å². The Morgan fingerprint density at radius 1 is 0.885 bits per heavy atom. The van der Waals surface area contributed by atoms with E-state index < -0.39 is 0 Å². The van der Waals surface area contributed by atoms with Gasteiger partial charge in [-0.1, -0.05) is 41.9 Å². The molecule has 1 heterocycles. The standard InChI is InChI=1S/C21H14ClNO3/c22-14-8-11-18-17(12-14)20(24)19(21(25)23-18)13-6-9-16(10-7-13)26-15-4-2-1-3-5-15/h1-12H,(H2,23,24,25). The Hall–Kier alpha value is -3.24. The van der Waals surface area contributed by atoms with Gasteiger partial charge < -0.3 is 14.8 Å². The van der Waals surface area contributed by atoms with Gasteiger partial charge in [0.1, 0.15) is 17.2 Å². The van der Waals surface area contributed by atoms with E-state index in [2.05, 4.69) is 4.98 Å². The number of aromatic amines is 1. The van der Waals surface area contributed by atoms with Crippen molar-refractivity contribution >= 4 is 22.5 Å². The summed E-state index contributed by atoms with van der Waals surface area (Å²) in [7, 11) is 0. The second-order valence-corrected chi connectivity index (χ2v) is 6.24. The summed E-state index contributed by atoms with van der Waals surface area (Å²) in [5.74, 6) is 1.27. The molecule has 5 heteroatoms. The van der Waals surface area contributed by atoms with Gasteiger partial charge in [-0.15, -0.1) is 0 Å². The molecule has 0 atom stereocenters. The van der Waals surface area contributed by atoms with Gasteiger partial charge in [0.2, 0.25) is 0 Å². The van der Waals surface area contributed by atoms with Crippen LogP contribution in [-0.2, 0) is 0 Å². The number of para-hydroxylation sites is 1. The van der Waals surface area contributed by atoms with Crippen molar-refractivity contribution in [1.29, 1.82) is 0 Å². The second-order valence-electron chi connectivity index (χ2n) is 5.81. The largest absolute Gasteiger partial charge is 0.506 e. The Balaban J connectivity index is 1.74. The molecule has 1 aromatic heterocycles. The summed E-state index contributed by atoms with van der Waals surface area (Å²) >= 11 is 6.01. The fourth-order valence-electron chi connectivity index (χ4n) is 2.83. The highest BCUT2D eigenvalue weighted by Crippen LogP contribution is 2.34. The number of ether oxygens (including phenoxy) is 1. The number of nitrogens with one attached hydrogen (secondary N) is 1. The third kappa shape index (κ3) is 3.03. The topological polar surface area (TPSA) is 62.3 Å². The molecule has 0 saturated heterocycles. The van der Waals surface area contributed by atoms with Crippen LogP contribution in [-0.4, -0.2) is 10.1 Å². The summed E-state index contributed by atoms with van der Waals surface area (Å²) in [6, 6.07) is 21.3. The molecule has 26 heavy (non-hydrogen) atoms. The zero-order valence-electron chi connectivity index (χ0n) is 13.6. The van der Waals surface area contributed by atoms with E-state index in [-0.39, 0.29) is 16.9 Å². The zero-order valence-corrected chi connectivity index (χ0v) is 14.3. The quantitative estimate of drug-likeness (QED) is 0.516. The van der Waals surface area contributed by atoms with E-state index in [1.165, 1.54) is 0 Å². The van der Waals surface area contributed by atoms with Crippen LogP contribution in [0, 0.1) is 0 Å². The first-order valence-corrected chi connectivity index (χ1v) is 8.37. The Labute approximate surface area is 154 Å². The van der Waals surface area contributed by atoms with Gasteiger partial charge in [0.25, 0.3) is 5.56 Å². The van der Waals surface area contributed by atoms with Crippen LogP contribution in [0.3, 0.4) is 0 Å². The summed E-state index contributed by atoms with van der Waals surface area (Å²) in [6.45, 7) is 0. The molecule has 2 N–H and O–H groups in total. The molecule has 0 bridgehead atoms. The molecule has 0 saturated carbocycles. The van der Waals surface area contributed by atoms with Crippen molar-refractivity contribution in [3.05, 3.63) is 88.2 Å². The molecule has 0 unspecified atom stereocenters. The molecule has 0 aliphatic rings. The Morgan fingerprint density at radius 3 is 2.31 bits per heavy atom. The number of pyridine rings is 1. The van der Waals surface area contributed by atoms with E-state index in [0.717, 1.165) is 5.75 Å². The fourth-order valence-corrected chi connectivity index (χ4v) is 3.00. The predicted octanol–water partition coefficient (Wildman–Crippen LogP) is 5.35. The lowest BCUT2D eigenvalue weighted by molar-refractivity contribution is 0.481. The van der Waals surface area contributed by atoms with Gasteiger partial charge in [-0.3, -0.25) is 4.79 Å². The summed E-state index contributed by atoms with van der Waals surface area (Å²) in [4.78, 5) is 15.2. The lowest BCUT2D eigenvalue weighted by Gasteiger charge is -2.09. The van der Waals surface area contributed by atoms with E-state index in [1.54, 1.807) is 42.5 Å². The van der Waals surface area contributed by atoms with Crippen molar-refractivity contribution in [2.75, 3.05) is 0 Å². The van der Waals surface area contributed by atoms with E-state index in [0.29, 0.717) is 27.2 Å². The molecule has 0 aliphatic heterocycles. The number of hydrogen-bond donors (Lipinski definition) is 2. The molecule has 3 aromatic carbocycles. The molecule has 4 nitrogen and oxygen atoms in total. The minimum absolute atomic E-state index is 0.0945. The van der Waals surface area contributed by atoms with Gasteiger partial charge in [0.15, 0.2) is 0 Å². The van der Waals surface area contributed by atoms with Crippen LogP contribution in [0.4, 0.5) is 0 Å². The second kappa shape index (κ2) is 6.58. The number of halogens is 1. The average Bonchev–Trinajstić information content (AvgIpc) is 2.65. The molecule has 4 rings (SSSR count). The first-order valence-electron chi connectivity index (χ1n) is 8.00. The number of benzene rings is 3. The molecule has 0 amide bonds. The van der Waals surface area contributed by atoms with Crippen LogP contribution < -0.4 is 10.3 Å². The highest BCUT2D eigenvalue weighted by Gasteiger charge is 2.14. The SMILES string of the molecule is O=c1[nH]c2ccc(Cl)cc2c(O)c1-c1ccc(Oc2ccccc2)cc1. The molecular formula is C21H14ClNO3. The minimum Gasteiger partial charge on any atom is -0.506 e. The van der Waals surface area contributed by atoms with Crippen LogP contribution in [0.15, 0.2) is 77.6 Å². The van der Waals surface area contributed by atoms with E-state index in [1.807, 2.05) is 30.3 Å². The van der Waals surface area contributed by atoms with Crippen LogP contribution >= 0.6 is 11.6 Å². The molecule has 0 fully saturated rings. The monoisotopic (exact) mass is 363 g/mol. The number of hydrogen-bond acceptors (Lipinski definition) is 3. The third-order valence-corrected chi connectivity index (χ3v) is 4.31. The molecule has 0 aliphatic carbocycles. The van der Waals surface area contributed by atoms with Crippen molar-refractivity contribution in [1.82, 2.24) is 4.98 Å². The van der Waals surface area contributed by atoms with E-state index in [4.69, 9.17) is 16.3 Å². The summed E-state index contributed by atoms with van der Waals surface area (Å²) in [5.41, 5.74) is 0.954. The van der Waals surface area contributed by atoms with Gasteiger partial charge >= 0.3 is 0 Å². The van der Waals surface area contributed by atoms with Crippen molar-refractivity contribution in [3.63, 3.8) is 0 Å². The Bertz CT molecular complexity index is 1140. The summed E-state index contributed by atoms with van der Waals surface area (Å²) < 4.78 is 5.75. The zero-order chi connectivity index (χ0) is 18.1. The van der Waals surface area contributed by atoms with Crippen molar-refractivity contribution in [2.45, 2.75) is 0 Å². The van der Waals surface area contributed by atoms with Crippen LogP contribution in [0.1, 0.15) is 0 Å². The molecule has 4 aromatic rings. The predicted molar refractivity (Wildman–Crippen MR) is 103 cm³/mol. The van der Waals surface area contributed by atoms with Gasteiger partial charge in [0, 0.05) is 10.4 Å². The lowest BCUT2D eigenvalue weighted by atomic mass is 10.0. The van der Waals surface area contributed by atoms with Gasteiger partial charge in [-0.2, -0.15) is 0 Å². The fraction of sp³-hybridized carbons (Fsp3) is 0. The summed E-state index contributed by atoms with van der Waals surface area (Å²) in [5, 5.41) is 11.6. The Kier molecular flexibility index (Phi) is 4.11. The number of H-pyrrole nitrogens is 1. The maximum atomic E-state index is 12.4. The average molecular weight is 364 g/mol. The highest BCUT2D eigenvalue weighted by molar-refractivity contribution is 6.31. The number of rotatable bonds is 3. The van der Waals surface area contributed by atoms with E-state index in [9.17, 15) is 9.90 Å². The first-order chi connectivity index (χ1) is 12.6. The maximum absolute atomic E-state index is 12.4. The summed E-state index contributed by atoms with van der Waals surface area (Å²) in [6.07, 6.45) is 0. The van der Waals surface area contributed by atoms with Gasteiger partial charge in [-0.25, -0.2) is 0 Å². The number of aromatic hydroxyl groups is 1. The first kappa shape index (κ1) is 16.2. The van der Waals surface area contributed by atoms with Gasteiger partial charge in [0.05, 0.1) is 11.1 Å². The van der Waals surface area contributed by atoms with E-state index >= 15 is 0 Å². The molecular weight excluding hydrogens is 350 g/mol. The highest BCUT2D eigenvalue weighted by atomic mass is 35.5. The van der Waals surface area contributed by atoms with Crippen LogP contribution in [0.25, 0.3) is 22.0 Å². The van der Waals surface area contributed by atoms with Crippen LogP contribution in [0.5, 0.6) is 17.2 Å². The number of fused-ring (bicyclic) bond motifs is 1. The van der Waals surface area contributed by atoms with Crippen molar-refractivity contribution in [3.8, 4) is 28.4 Å². The maximum Gasteiger partial charge on any atom is 0.260 e. The van der Waals surface area contributed by atoms with Crippen molar-refractivity contribution in [2.24, 2.45) is 0 Å². The smallest absolute Gasteiger partial charge is 0.260 e. The van der Waals surface area contributed by atoms with Gasteiger partial charge in [-0.05, 0) is 48.0 Å².